The summed E-state index contributed by atoms with van der Waals surface area (Å²) in [5, 5.41) is 3.32. The van der Waals surface area contributed by atoms with E-state index in [4.69, 9.17) is 4.74 Å². The van der Waals surface area contributed by atoms with E-state index in [1.807, 2.05) is 36.9 Å². The number of amides is 1. The molecule has 2 atom stereocenters. The molecule has 0 radical (unpaired) electrons. The predicted molar refractivity (Wildman–Crippen MR) is 81.8 cm³/mol. The molecule has 1 N–H and O–H groups in total. The minimum Gasteiger partial charge on any atom is -0.384 e. The second-order valence-corrected chi connectivity index (χ2v) is 5.50. The van der Waals surface area contributed by atoms with Gasteiger partial charge < -0.3 is 15.0 Å². The molecule has 3 rings (SSSR count). The Bertz CT molecular complexity index is 507. The van der Waals surface area contributed by atoms with Crippen LogP contribution in [0.1, 0.15) is 29.8 Å². The van der Waals surface area contributed by atoms with Gasteiger partial charge in [0.25, 0.3) is 5.91 Å². The molecule has 0 aromatic heterocycles. The van der Waals surface area contributed by atoms with Gasteiger partial charge in [-0.05, 0) is 44.0 Å². The monoisotopic (exact) mass is 296 g/mol. The number of hydrogen-bond donors (Lipinski definition) is 1. The SMILES string of the molecule is CC1CN(C(=O)c2ccc3c(c2)CCN3)C(C)CO1.Cl. The Morgan fingerprint density at radius 3 is 3.00 bits per heavy atom. The van der Waals surface area contributed by atoms with Gasteiger partial charge in [-0.15, -0.1) is 12.4 Å². The zero-order chi connectivity index (χ0) is 13.4. The van der Waals surface area contributed by atoms with Crippen LogP contribution in [0.25, 0.3) is 0 Å². The molecular weight excluding hydrogens is 276 g/mol. The number of carbonyl (C=O) groups is 1. The van der Waals surface area contributed by atoms with Crippen molar-refractivity contribution in [3.63, 3.8) is 0 Å². The zero-order valence-electron chi connectivity index (χ0n) is 11.9. The molecule has 5 heteroatoms. The number of rotatable bonds is 1. The van der Waals surface area contributed by atoms with E-state index >= 15 is 0 Å². The van der Waals surface area contributed by atoms with E-state index in [9.17, 15) is 4.79 Å². The first-order valence-electron chi connectivity index (χ1n) is 6.94. The van der Waals surface area contributed by atoms with Gasteiger partial charge in [0, 0.05) is 24.3 Å². The third-order valence-electron chi connectivity index (χ3n) is 3.93. The summed E-state index contributed by atoms with van der Waals surface area (Å²) in [5.41, 5.74) is 3.21. The van der Waals surface area contributed by atoms with Crippen molar-refractivity contribution in [2.24, 2.45) is 0 Å². The molecule has 1 aromatic rings. The van der Waals surface area contributed by atoms with E-state index in [1.54, 1.807) is 0 Å². The minimum atomic E-state index is 0. The molecule has 1 amide bonds. The third kappa shape index (κ3) is 2.76. The molecule has 110 valence electrons. The molecule has 0 spiro atoms. The molecule has 1 saturated heterocycles. The van der Waals surface area contributed by atoms with Crippen molar-refractivity contribution in [2.45, 2.75) is 32.4 Å². The lowest BCUT2D eigenvalue weighted by molar-refractivity contribution is -0.0387. The summed E-state index contributed by atoms with van der Waals surface area (Å²) in [6.07, 6.45) is 1.13. The van der Waals surface area contributed by atoms with Crippen LogP contribution in [-0.4, -0.2) is 42.6 Å². The van der Waals surface area contributed by atoms with Crippen molar-refractivity contribution >= 4 is 24.0 Å². The molecule has 0 aliphatic carbocycles. The molecule has 2 aliphatic rings. The molecule has 4 nitrogen and oxygen atoms in total. The predicted octanol–water partition coefficient (Wildman–Crippen LogP) is 2.33. The number of fused-ring (bicyclic) bond motifs is 1. The molecule has 2 unspecified atom stereocenters. The Hall–Kier alpha value is -1.26. The van der Waals surface area contributed by atoms with E-state index in [0.717, 1.165) is 18.5 Å². The number of anilines is 1. The Kier molecular flexibility index (Phi) is 4.55. The fourth-order valence-corrected chi connectivity index (χ4v) is 2.79. The van der Waals surface area contributed by atoms with Gasteiger partial charge in [-0.2, -0.15) is 0 Å². The fourth-order valence-electron chi connectivity index (χ4n) is 2.79. The van der Waals surface area contributed by atoms with Crippen LogP contribution in [0, 0.1) is 0 Å². The van der Waals surface area contributed by atoms with Gasteiger partial charge in [-0.3, -0.25) is 4.79 Å². The number of carbonyl (C=O) groups excluding carboxylic acids is 1. The average molecular weight is 297 g/mol. The lowest BCUT2D eigenvalue weighted by Gasteiger charge is -2.36. The first kappa shape index (κ1) is 15.1. The maximum Gasteiger partial charge on any atom is 0.254 e. The van der Waals surface area contributed by atoms with Gasteiger partial charge >= 0.3 is 0 Å². The summed E-state index contributed by atoms with van der Waals surface area (Å²) in [7, 11) is 0. The largest absolute Gasteiger partial charge is 0.384 e. The van der Waals surface area contributed by atoms with Crippen LogP contribution in [0.4, 0.5) is 5.69 Å². The lowest BCUT2D eigenvalue weighted by atomic mass is 10.1. The molecule has 0 bridgehead atoms. The van der Waals surface area contributed by atoms with Crippen LogP contribution in [0.3, 0.4) is 0 Å². The van der Waals surface area contributed by atoms with Crippen molar-refractivity contribution in [3.8, 4) is 0 Å². The average Bonchev–Trinajstić information content (AvgIpc) is 2.88. The van der Waals surface area contributed by atoms with Crippen LogP contribution >= 0.6 is 12.4 Å². The fraction of sp³-hybridized carbons (Fsp3) is 0.533. The summed E-state index contributed by atoms with van der Waals surface area (Å²) < 4.78 is 5.58. The van der Waals surface area contributed by atoms with E-state index < -0.39 is 0 Å². The molecule has 2 heterocycles. The van der Waals surface area contributed by atoms with E-state index in [2.05, 4.69) is 5.32 Å². The van der Waals surface area contributed by atoms with Crippen molar-refractivity contribution in [1.29, 1.82) is 0 Å². The van der Waals surface area contributed by atoms with E-state index in [-0.39, 0.29) is 30.5 Å². The van der Waals surface area contributed by atoms with Crippen molar-refractivity contribution in [1.82, 2.24) is 4.90 Å². The third-order valence-corrected chi connectivity index (χ3v) is 3.93. The van der Waals surface area contributed by atoms with Gasteiger partial charge in [0.2, 0.25) is 0 Å². The van der Waals surface area contributed by atoms with Crippen LogP contribution in [0.2, 0.25) is 0 Å². The Balaban J connectivity index is 0.00000147. The van der Waals surface area contributed by atoms with Crippen LogP contribution in [-0.2, 0) is 11.2 Å². The lowest BCUT2D eigenvalue weighted by Crippen LogP contribution is -2.50. The van der Waals surface area contributed by atoms with Gasteiger partial charge in [0.05, 0.1) is 18.8 Å². The topological polar surface area (TPSA) is 41.6 Å². The summed E-state index contributed by atoms with van der Waals surface area (Å²) in [4.78, 5) is 14.5. The van der Waals surface area contributed by atoms with Gasteiger partial charge in [0.1, 0.15) is 0 Å². The Morgan fingerprint density at radius 1 is 1.40 bits per heavy atom. The first-order chi connectivity index (χ1) is 9.15. The number of morpholine rings is 1. The summed E-state index contributed by atoms with van der Waals surface area (Å²) in [5.74, 6) is 0.123. The van der Waals surface area contributed by atoms with Crippen LogP contribution in [0.5, 0.6) is 0 Å². The number of nitrogens with one attached hydrogen (secondary N) is 1. The van der Waals surface area contributed by atoms with Gasteiger partial charge in [0.15, 0.2) is 0 Å². The smallest absolute Gasteiger partial charge is 0.254 e. The molecule has 2 aliphatic heterocycles. The Labute approximate surface area is 125 Å². The zero-order valence-corrected chi connectivity index (χ0v) is 12.7. The molecule has 20 heavy (non-hydrogen) atoms. The highest BCUT2D eigenvalue weighted by molar-refractivity contribution is 5.95. The maximum absolute atomic E-state index is 12.6. The van der Waals surface area contributed by atoms with Crippen molar-refractivity contribution in [3.05, 3.63) is 29.3 Å². The first-order valence-corrected chi connectivity index (χ1v) is 6.94. The quantitative estimate of drug-likeness (QED) is 0.865. The van der Waals surface area contributed by atoms with Crippen molar-refractivity contribution in [2.75, 3.05) is 25.0 Å². The summed E-state index contributed by atoms with van der Waals surface area (Å²) in [6, 6.07) is 6.12. The van der Waals surface area contributed by atoms with E-state index in [0.29, 0.717) is 13.2 Å². The Morgan fingerprint density at radius 2 is 2.20 bits per heavy atom. The van der Waals surface area contributed by atoms with E-state index in [1.165, 1.54) is 11.3 Å². The number of benzene rings is 1. The number of nitrogens with zero attached hydrogens (tertiary/aromatic N) is 1. The highest BCUT2D eigenvalue weighted by atomic mass is 35.5. The number of hydrogen-bond acceptors (Lipinski definition) is 3. The second-order valence-electron chi connectivity index (χ2n) is 5.50. The minimum absolute atomic E-state index is 0. The molecule has 1 fully saturated rings. The van der Waals surface area contributed by atoms with Gasteiger partial charge in [-0.1, -0.05) is 0 Å². The van der Waals surface area contributed by atoms with Gasteiger partial charge in [-0.25, -0.2) is 0 Å². The molecule has 0 saturated carbocycles. The molecular formula is C15H21ClN2O2. The van der Waals surface area contributed by atoms with Crippen LogP contribution < -0.4 is 5.32 Å². The second kappa shape index (κ2) is 6.02. The number of halogens is 1. The maximum atomic E-state index is 12.6. The molecule has 1 aromatic carbocycles. The van der Waals surface area contributed by atoms with Crippen molar-refractivity contribution < 1.29 is 9.53 Å². The summed E-state index contributed by atoms with van der Waals surface area (Å²) >= 11 is 0. The standard InChI is InChI=1S/C15H20N2O2.ClH/c1-10-9-19-11(2)8-17(10)15(18)13-3-4-14-12(7-13)5-6-16-14;/h3-4,7,10-11,16H,5-6,8-9H2,1-2H3;1H. The van der Waals surface area contributed by atoms with Crippen LogP contribution in [0.15, 0.2) is 18.2 Å². The highest BCUT2D eigenvalue weighted by Gasteiger charge is 2.28. The number of ether oxygens (including phenoxy) is 1. The normalized spacial score (nSPS) is 24.6. The summed E-state index contributed by atoms with van der Waals surface area (Å²) in [6.45, 7) is 6.32. The highest BCUT2D eigenvalue weighted by Crippen LogP contribution is 2.24.